The summed E-state index contributed by atoms with van der Waals surface area (Å²) >= 11 is 0. The number of carboxylic acids is 1. The largest absolute Gasteiger partial charge is 0.481 e. The predicted molar refractivity (Wildman–Crippen MR) is 78.2 cm³/mol. The highest BCUT2D eigenvalue weighted by atomic mass is 16.6. The van der Waals surface area contributed by atoms with Gasteiger partial charge in [-0.2, -0.15) is 0 Å². The monoisotopic (exact) mass is 316 g/mol. The zero-order valence-electron chi connectivity index (χ0n) is 13.1. The zero-order chi connectivity index (χ0) is 17.0. The van der Waals surface area contributed by atoms with Crippen LogP contribution in [0.4, 0.5) is 0 Å². The molecule has 0 saturated heterocycles. The standard InChI is InChI=1S/C15H24O7/c1-4-6-12(15(19)21-9-8-20-7-5-2)22-14(18)11(3)10-13(16)17/h12H,3-10H2,1-2H3,(H,16,17). The maximum Gasteiger partial charge on any atom is 0.347 e. The Bertz CT molecular complexity index is 389. The van der Waals surface area contributed by atoms with Crippen LogP contribution in [0.3, 0.4) is 0 Å². The van der Waals surface area contributed by atoms with E-state index in [-0.39, 0.29) is 18.8 Å². The molecule has 1 N–H and O–H groups in total. The molecule has 1 atom stereocenters. The van der Waals surface area contributed by atoms with E-state index in [1.165, 1.54) is 0 Å². The third-order valence-corrected chi connectivity index (χ3v) is 2.54. The highest BCUT2D eigenvalue weighted by Crippen LogP contribution is 2.10. The van der Waals surface area contributed by atoms with Gasteiger partial charge in [0.2, 0.25) is 0 Å². The van der Waals surface area contributed by atoms with Crippen LogP contribution in [0.15, 0.2) is 12.2 Å². The first kappa shape index (κ1) is 20.1. The summed E-state index contributed by atoms with van der Waals surface area (Å²) in [5, 5.41) is 8.59. The minimum absolute atomic E-state index is 0.0761. The fraction of sp³-hybridized carbons (Fsp3) is 0.667. The molecule has 0 aliphatic carbocycles. The number of aliphatic carboxylic acids is 1. The van der Waals surface area contributed by atoms with Crippen LogP contribution in [0.25, 0.3) is 0 Å². The Morgan fingerprint density at radius 1 is 1.09 bits per heavy atom. The maximum absolute atomic E-state index is 11.8. The Labute approximate surface area is 130 Å². The maximum atomic E-state index is 11.8. The van der Waals surface area contributed by atoms with Gasteiger partial charge in [0.25, 0.3) is 0 Å². The number of esters is 2. The lowest BCUT2D eigenvalue weighted by atomic mass is 10.2. The van der Waals surface area contributed by atoms with Crippen molar-refractivity contribution in [1.29, 1.82) is 0 Å². The molecule has 126 valence electrons. The van der Waals surface area contributed by atoms with E-state index >= 15 is 0 Å². The third kappa shape index (κ3) is 9.12. The van der Waals surface area contributed by atoms with Crippen LogP contribution in [-0.2, 0) is 28.6 Å². The Kier molecular flexibility index (Phi) is 10.7. The summed E-state index contributed by atoms with van der Waals surface area (Å²) in [7, 11) is 0. The van der Waals surface area contributed by atoms with Crippen LogP contribution in [0, 0.1) is 0 Å². The molecule has 1 unspecified atom stereocenters. The first-order valence-electron chi connectivity index (χ1n) is 7.27. The molecular formula is C15H24O7. The molecule has 22 heavy (non-hydrogen) atoms. The molecule has 0 aromatic rings. The van der Waals surface area contributed by atoms with Gasteiger partial charge >= 0.3 is 17.9 Å². The minimum Gasteiger partial charge on any atom is -0.481 e. The minimum atomic E-state index is -1.19. The molecule has 0 radical (unpaired) electrons. The van der Waals surface area contributed by atoms with Gasteiger partial charge in [-0.05, 0) is 12.8 Å². The summed E-state index contributed by atoms with van der Waals surface area (Å²) in [5.41, 5.74) is -0.215. The van der Waals surface area contributed by atoms with Gasteiger partial charge in [-0.25, -0.2) is 9.59 Å². The quantitative estimate of drug-likeness (QED) is 0.332. The van der Waals surface area contributed by atoms with E-state index < -0.39 is 30.4 Å². The molecule has 0 aromatic heterocycles. The highest BCUT2D eigenvalue weighted by molar-refractivity contribution is 5.94. The first-order valence-corrected chi connectivity index (χ1v) is 7.27. The van der Waals surface area contributed by atoms with Gasteiger partial charge < -0.3 is 19.3 Å². The van der Waals surface area contributed by atoms with E-state index in [1.807, 2.05) is 13.8 Å². The second-order valence-corrected chi connectivity index (χ2v) is 4.64. The smallest absolute Gasteiger partial charge is 0.347 e. The first-order chi connectivity index (χ1) is 10.4. The molecule has 0 rings (SSSR count). The molecule has 0 aromatic carbocycles. The second kappa shape index (κ2) is 11.7. The van der Waals surface area contributed by atoms with Gasteiger partial charge in [-0.1, -0.05) is 26.8 Å². The Morgan fingerprint density at radius 2 is 1.77 bits per heavy atom. The van der Waals surface area contributed by atoms with E-state index in [4.69, 9.17) is 19.3 Å². The zero-order valence-corrected chi connectivity index (χ0v) is 13.1. The average molecular weight is 316 g/mol. The number of rotatable bonds is 12. The summed E-state index contributed by atoms with van der Waals surface area (Å²) < 4.78 is 15.1. The molecule has 0 amide bonds. The lowest BCUT2D eigenvalue weighted by molar-refractivity contribution is -0.167. The number of carbonyl (C=O) groups is 3. The van der Waals surface area contributed by atoms with Crippen LogP contribution in [0.1, 0.15) is 39.5 Å². The summed E-state index contributed by atoms with van der Waals surface area (Å²) in [5.74, 6) is -2.76. The Morgan fingerprint density at radius 3 is 2.32 bits per heavy atom. The molecule has 0 bridgehead atoms. The van der Waals surface area contributed by atoms with Crippen molar-refractivity contribution in [3.05, 3.63) is 12.2 Å². The normalized spacial score (nSPS) is 11.5. The molecule has 0 spiro atoms. The SMILES string of the molecule is C=C(CC(=O)O)C(=O)OC(CCC)C(=O)OCCOCCC. The van der Waals surface area contributed by atoms with Gasteiger partial charge in [0, 0.05) is 12.2 Å². The van der Waals surface area contributed by atoms with E-state index in [9.17, 15) is 14.4 Å². The summed E-state index contributed by atoms with van der Waals surface area (Å²) in [6.07, 6.45) is 0.174. The number of hydrogen-bond donors (Lipinski definition) is 1. The van der Waals surface area contributed by atoms with Crippen LogP contribution in [0.5, 0.6) is 0 Å². The molecule has 0 heterocycles. The number of ether oxygens (including phenoxy) is 3. The number of carboxylic acid groups (broad SMARTS) is 1. The van der Waals surface area contributed by atoms with Crippen molar-refractivity contribution < 1.29 is 33.7 Å². The number of hydrogen-bond acceptors (Lipinski definition) is 6. The fourth-order valence-electron chi connectivity index (χ4n) is 1.49. The van der Waals surface area contributed by atoms with Crippen LogP contribution in [0.2, 0.25) is 0 Å². The summed E-state index contributed by atoms with van der Waals surface area (Å²) in [6.45, 7) is 8.06. The van der Waals surface area contributed by atoms with Crippen LogP contribution < -0.4 is 0 Å². The summed E-state index contributed by atoms with van der Waals surface area (Å²) in [4.78, 5) is 34.0. The Hall–Kier alpha value is -1.89. The van der Waals surface area contributed by atoms with Gasteiger partial charge in [-0.15, -0.1) is 0 Å². The average Bonchev–Trinajstić information content (AvgIpc) is 2.45. The molecule has 0 fully saturated rings. The van der Waals surface area contributed by atoms with Crippen LogP contribution >= 0.6 is 0 Å². The van der Waals surface area contributed by atoms with Crippen molar-refractivity contribution in [2.75, 3.05) is 19.8 Å². The van der Waals surface area contributed by atoms with Crippen molar-refractivity contribution in [3.63, 3.8) is 0 Å². The van der Waals surface area contributed by atoms with Crippen molar-refractivity contribution in [3.8, 4) is 0 Å². The highest BCUT2D eigenvalue weighted by Gasteiger charge is 2.25. The van der Waals surface area contributed by atoms with Gasteiger partial charge in [0.1, 0.15) is 6.61 Å². The number of carbonyl (C=O) groups excluding carboxylic acids is 2. The molecule has 0 aliphatic heterocycles. The van der Waals surface area contributed by atoms with Crippen molar-refractivity contribution >= 4 is 17.9 Å². The predicted octanol–water partition coefficient (Wildman–Crippen LogP) is 1.70. The lowest BCUT2D eigenvalue weighted by Crippen LogP contribution is -2.30. The molecular weight excluding hydrogens is 292 g/mol. The van der Waals surface area contributed by atoms with Crippen molar-refractivity contribution in [2.45, 2.75) is 45.6 Å². The molecule has 0 saturated carbocycles. The molecule has 7 heteroatoms. The van der Waals surface area contributed by atoms with Crippen molar-refractivity contribution in [2.24, 2.45) is 0 Å². The van der Waals surface area contributed by atoms with Gasteiger partial charge in [0.15, 0.2) is 6.10 Å². The van der Waals surface area contributed by atoms with Crippen LogP contribution in [-0.4, -0.2) is 48.9 Å². The second-order valence-electron chi connectivity index (χ2n) is 4.64. The van der Waals surface area contributed by atoms with E-state index in [1.54, 1.807) is 0 Å². The lowest BCUT2D eigenvalue weighted by Gasteiger charge is -2.16. The summed E-state index contributed by atoms with van der Waals surface area (Å²) in [6, 6.07) is 0. The van der Waals surface area contributed by atoms with Gasteiger partial charge in [0.05, 0.1) is 13.0 Å². The Balaban J connectivity index is 4.33. The van der Waals surface area contributed by atoms with E-state index in [2.05, 4.69) is 6.58 Å². The molecule has 7 nitrogen and oxygen atoms in total. The molecule has 0 aliphatic rings. The fourth-order valence-corrected chi connectivity index (χ4v) is 1.49. The van der Waals surface area contributed by atoms with E-state index in [0.29, 0.717) is 19.4 Å². The van der Waals surface area contributed by atoms with E-state index in [0.717, 1.165) is 6.42 Å². The van der Waals surface area contributed by atoms with Gasteiger partial charge in [-0.3, -0.25) is 4.79 Å². The topological polar surface area (TPSA) is 99.1 Å². The van der Waals surface area contributed by atoms with Crippen molar-refractivity contribution in [1.82, 2.24) is 0 Å². The third-order valence-electron chi connectivity index (χ3n) is 2.54.